The first kappa shape index (κ1) is 12.6. The molecule has 1 atom stereocenters. The zero-order chi connectivity index (χ0) is 10.2. The van der Waals surface area contributed by atoms with Gasteiger partial charge in [-0.3, -0.25) is 0 Å². The molecule has 1 rings (SSSR count). The number of rotatable bonds is 9. The van der Waals surface area contributed by atoms with E-state index in [4.69, 9.17) is 16.1 Å². The fourth-order valence-electron chi connectivity index (χ4n) is 1.14. The van der Waals surface area contributed by atoms with Crippen LogP contribution in [0.4, 0.5) is 0 Å². The van der Waals surface area contributed by atoms with Crippen molar-refractivity contribution in [3.63, 3.8) is 0 Å². The van der Waals surface area contributed by atoms with Crippen LogP contribution in [0.2, 0.25) is 4.73 Å². The maximum atomic E-state index is 5.42. The van der Waals surface area contributed by atoms with E-state index in [-0.39, 0.29) is 0 Å². The van der Waals surface area contributed by atoms with Gasteiger partial charge in [-0.25, -0.2) is 0 Å². The van der Waals surface area contributed by atoms with Crippen molar-refractivity contribution < 1.29 is 34.8 Å². The van der Waals surface area contributed by atoms with Crippen LogP contribution >= 0.6 is 0 Å². The Morgan fingerprint density at radius 3 is 2.57 bits per heavy atom. The Morgan fingerprint density at radius 2 is 2.00 bits per heavy atom. The van der Waals surface area contributed by atoms with Crippen LogP contribution in [-0.4, -0.2) is 40.1 Å². The van der Waals surface area contributed by atoms with E-state index in [0.717, 1.165) is 37.4 Å². The van der Waals surface area contributed by atoms with Crippen LogP contribution in [0.5, 0.6) is 0 Å². The second-order valence-electron chi connectivity index (χ2n) is 3.27. The third kappa shape index (κ3) is 6.12. The van der Waals surface area contributed by atoms with Crippen LogP contribution in [0.15, 0.2) is 0 Å². The molecule has 0 radical (unpaired) electrons. The quantitative estimate of drug-likeness (QED) is 0.346. The van der Waals surface area contributed by atoms with Gasteiger partial charge in [0, 0.05) is 0 Å². The van der Waals surface area contributed by atoms with Gasteiger partial charge in [-0.2, -0.15) is 0 Å². The van der Waals surface area contributed by atoms with Crippen LogP contribution in [0.1, 0.15) is 12.8 Å². The molecule has 0 bridgehead atoms. The fourth-order valence-corrected chi connectivity index (χ4v) is 2.88. The van der Waals surface area contributed by atoms with Gasteiger partial charge < -0.3 is 0 Å². The van der Waals surface area contributed by atoms with Crippen molar-refractivity contribution >= 4 is 0 Å². The minimum absolute atomic E-state index is 0.386. The third-order valence-corrected chi connectivity index (χ3v) is 4.69. The fraction of sp³-hybridized carbons (Fsp3) is 1.00. The molecule has 1 aliphatic heterocycles. The van der Waals surface area contributed by atoms with E-state index in [1.807, 2.05) is 0 Å². The van der Waals surface area contributed by atoms with Gasteiger partial charge in [0.15, 0.2) is 0 Å². The van der Waals surface area contributed by atoms with E-state index in [2.05, 4.69) is 0 Å². The molecule has 0 aliphatic carbocycles. The van der Waals surface area contributed by atoms with Gasteiger partial charge in [-0.05, 0) is 0 Å². The summed E-state index contributed by atoms with van der Waals surface area (Å²) in [5.41, 5.74) is 0. The summed E-state index contributed by atoms with van der Waals surface area (Å²) in [7, 11) is 3.47. The number of hydrogen-bond donors (Lipinski definition) is 0. The number of unbranched alkanes of at least 4 members (excludes halogenated alkanes) is 1. The Balaban J connectivity index is 1.78. The summed E-state index contributed by atoms with van der Waals surface area (Å²) < 4.78 is 22.0. The van der Waals surface area contributed by atoms with Crippen molar-refractivity contribution in [3.8, 4) is 0 Å². The summed E-state index contributed by atoms with van der Waals surface area (Å²) in [5, 5.41) is 0. The maximum absolute atomic E-state index is 5.42. The van der Waals surface area contributed by atoms with Gasteiger partial charge in [-0.1, -0.05) is 0 Å². The van der Waals surface area contributed by atoms with Gasteiger partial charge in [-0.15, -0.1) is 0 Å². The molecule has 0 N–H and O–H groups in total. The van der Waals surface area contributed by atoms with Gasteiger partial charge in [0.25, 0.3) is 0 Å². The van der Waals surface area contributed by atoms with E-state index in [1.165, 1.54) is 0 Å². The molecule has 1 unspecified atom stereocenters. The number of ether oxygens (including phenoxy) is 2. The van der Waals surface area contributed by atoms with Gasteiger partial charge in [0.05, 0.1) is 0 Å². The molecule has 0 spiro atoms. The zero-order valence-corrected chi connectivity index (χ0v) is 10.5. The Bertz CT molecular complexity index is 137. The van der Waals surface area contributed by atoms with Crippen molar-refractivity contribution in [2.75, 3.05) is 34.0 Å². The normalized spacial score (nSPS) is 19.7. The van der Waals surface area contributed by atoms with Gasteiger partial charge >= 0.3 is 92.5 Å². The molecule has 0 aromatic heterocycles. The van der Waals surface area contributed by atoms with Gasteiger partial charge in [0.2, 0.25) is 0 Å². The first-order chi connectivity index (χ1) is 6.86. The zero-order valence-electron chi connectivity index (χ0n) is 8.95. The first-order valence-electron chi connectivity index (χ1n) is 5.00. The summed E-state index contributed by atoms with van der Waals surface area (Å²) in [6.45, 7) is 2.47. The minimum atomic E-state index is -1.58. The van der Waals surface area contributed by atoms with Gasteiger partial charge in [0.1, 0.15) is 0 Å². The van der Waals surface area contributed by atoms with E-state index < -0.39 is 18.6 Å². The predicted octanol–water partition coefficient (Wildman–Crippen LogP) is 1.34. The van der Waals surface area contributed by atoms with Crippen molar-refractivity contribution in [3.05, 3.63) is 0 Å². The van der Waals surface area contributed by atoms with Crippen molar-refractivity contribution in [2.45, 2.75) is 23.7 Å². The molecule has 83 valence electrons. The summed E-state index contributed by atoms with van der Waals surface area (Å²) >= 11 is -1.58. The molecule has 1 fully saturated rings. The number of hydrogen-bond acceptors (Lipinski definition) is 4. The second kappa shape index (κ2) is 7.80. The summed E-state index contributed by atoms with van der Waals surface area (Å²) in [6.07, 6.45) is 2.62. The molecule has 0 saturated carbocycles. The van der Waals surface area contributed by atoms with Crippen LogP contribution in [0.3, 0.4) is 0 Å². The molecular weight excluding hydrogens is 220 g/mol. The molecule has 4 nitrogen and oxygen atoms in total. The van der Waals surface area contributed by atoms with Crippen molar-refractivity contribution in [1.29, 1.82) is 0 Å². The predicted molar refractivity (Wildman–Crippen MR) is 48.6 cm³/mol. The molecule has 5 heteroatoms. The van der Waals surface area contributed by atoms with E-state index in [0.29, 0.717) is 6.10 Å². The SMILES string of the molecule is C[O][Ti]([CH2]CCCOCC1CO1)[O]C. The molecule has 14 heavy (non-hydrogen) atoms. The summed E-state index contributed by atoms with van der Waals surface area (Å²) in [6, 6.07) is 0. The topological polar surface area (TPSA) is 40.2 Å². The third-order valence-electron chi connectivity index (χ3n) is 2.08. The molecule has 1 saturated heterocycles. The van der Waals surface area contributed by atoms with E-state index in [9.17, 15) is 0 Å². The van der Waals surface area contributed by atoms with E-state index in [1.54, 1.807) is 14.2 Å². The van der Waals surface area contributed by atoms with Crippen molar-refractivity contribution in [1.82, 2.24) is 0 Å². The monoisotopic (exact) mass is 239 g/mol. The Kier molecular flexibility index (Phi) is 7.03. The summed E-state index contributed by atoms with van der Waals surface area (Å²) in [4.78, 5) is 0. The van der Waals surface area contributed by atoms with Crippen LogP contribution in [0, 0.1) is 0 Å². The molecule has 1 heterocycles. The van der Waals surface area contributed by atoms with Crippen LogP contribution < -0.4 is 0 Å². The second-order valence-corrected chi connectivity index (χ2v) is 6.49. The Hall–Kier alpha value is 0.554. The Labute approximate surface area is 92.6 Å². The average Bonchev–Trinajstić information content (AvgIpc) is 3.01. The van der Waals surface area contributed by atoms with Crippen LogP contribution in [-0.2, 0) is 34.8 Å². The van der Waals surface area contributed by atoms with Crippen LogP contribution in [0.25, 0.3) is 0 Å². The summed E-state index contributed by atoms with van der Waals surface area (Å²) in [5.74, 6) is 0. The Morgan fingerprint density at radius 1 is 1.29 bits per heavy atom. The average molecular weight is 239 g/mol. The molecular formula is C9H19O4Ti. The standard InChI is InChI=1S/C7H13O2.2CH3O.Ti/c1-2-3-4-8-5-7-6-9-7;2*1-2;/h7H,1-6H2;2*1H3;/q;2*-1;+2. The van der Waals surface area contributed by atoms with Crippen molar-refractivity contribution in [2.24, 2.45) is 0 Å². The molecule has 1 aliphatic rings. The molecule has 0 amide bonds. The van der Waals surface area contributed by atoms with E-state index >= 15 is 0 Å². The molecule has 0 aromatic rings. The molecule has 0 aromatic carbocycles. The number of epoxide rings is 1. The first-order valence-corrected chi connectivity index (χ1v) is 7.38.